The minimum atomic E-state index is 0.746. The van der Waals surface area contributed by atoms with Crippen molar-refractivity contribution in [3.63, 3.8) is 0 Å². The van der Waals surface area contributed by atoms with Crippen LogP contribution in [0.25, 0.3) is 12.2 Å². The Labute approximate surface area is 114 Å². The Balaban J connectivity index is 2.00. The SMILES string of the molecule is CCCCOc1cncc(/C=C/c2ccncc2)c1. The Bertz CT molecular complexity index is 523. The lowest BCUT2D eigenvalue weighted by Crippen LogP contribution is -1.96. The summed E-state index contributed by atoms with van der Waals surface area (Å²) in [5.74, 6) is 0.824. The molecule has 98 valence electrons. The molecular weight excluding hydrogens is 236 g/mol. The zero-order valence-electron chi connectivity index (χ0n) is 11.1. The average Bonchev–Trinajstić information content (AvgIpc) is 2.47. The fraction of sp³-hybridized carbons (Fsp3) is 0.250. The fourth-order valence-corrected chi connectivity index (χ4v) is 1.61. The van der Waals surface area contributed by atoms with Crippen LogP contribution in [0.2, 0.25) is 0 Å². The van der Waals surface area contributed by atoms with Crippen molar-refractivity contribution in [2.75, 3.05) is 6.61 Å². The van der Waals surface area contributed by atoms with E-state index in [9.17, 15) is 0 Å². The van der Waals surface area contributed by atoms with Gasteiger partial charge in [0.15, 0.2) is 0 Å². The van der Waals surface area contributed by atoms with Crippen LogP contribution >= 0.6 is 0 Å². The van der Waals surface area contributed by atoms with Gasteiger partial charge in [-0.25, -0.2) is 0 Å². The number of nitrogens with zero attached hydrogens (tertiary/aromatic N) is 2. The van der Waals surface area contributed by atoms with Crippen LogP contribution in [0, 0.1) is 0 Å². The van der Waals surface area contributed by atoms with Crippen molar-refractivity contribution < 1.29 is 4.74 Å². The summed E-state index contributed by atoms with van der Waals surface area (Å²) in [6, 6.07) is 5.93. The van der Waals surface area contributed by atoms with Gasteiger partial charge >= 0.3 is 0 Å². The standard InChI is InChI=1S/C16H18N2O/c1-2-3-10-19-16-11-15(12-18-13-16)5-4-14-6-8-17-9-7-14/h4-9,11-13H,2-3,10H2,1H3/b5-4+. The first-order valence-electron chi connectivity index (χ1n) is 6.54. The number of ether oxygens (including phenoxy) is 1. The Hall–Kier alpha value is -2.16. The second-order valence-electron chi connectivity index (χ2n) is 4.27. The van der Waals surface area contributed by atoms with Crippen LogP contribution < -0.4 is 4.74 Å². The molecule has 0 aliphatic carbocycles. The molecule has 0 saturated carbocycles. The van der Waals surface area contributed by atoms with Gasteiger partial charge in [-0.15, -0.1) is 0 Å². The van der Waals surface area contributed by atoms with Gasteiger partial charge < -0.3 is 4.74 Å². The first-order valence-corrected chi connectivity index (χ1v) is 6.54. The number of hydrogen-bond donors (Lipinski definition) is 0. The van der Waals surface area contributed by atoms with Crippen LogP contribution in [0.3, 0.4) is 0 Å². The predicted octanol–water partition coefficient (Wildman–Crippen LogP) is 3.83. The highest BCUT2D eigenvalue weighted by molar-refractivity contribution is 5.69. The number of hydrogen-bond acceptors (Lipinski definition) is 3. The van der Waals surface area contributed by atoms with E-state index in [1.54, 1.807) is 18.6 Å². The van der Waals surface area contributed by atoms with E-state index in [0.717, 1.165) is 36.3 Å². The van der Waals surface area contributed by atoms with Crippen LogP contribution in [0.1, 0.15) is 30.9 Å². The first kappa shape index (κ1) is 13.3. The molecule has 19 heavy (non-hydrogen) atoms. The summed E-state index contributed by atoms with van der Waals surface area (Å²) in [6.45, 7) is 2.89. The van der Waals surface area contributed by atoms with Gasteiger partial charge in [0.25, 0.3) is 0 Å². The van der Waals surface area contributed by atoms with E-state index < -0.39 is 0 Å². The van der Waals surface area contributed by atoms with Crippen molar-refractivity contribution >= 4 is 12.2 Å². The van der Waals surface area contributed by atoms with Gasteiger partial charge in [0, 0.05) is 18.6 Å². The lowest BCUT2D eigenvalue weighted by Gasteiger charge is -2.05. The van der Waals surface area contributed by atoms with Gasteiger partial charge in [-0.05, 0) is 35.7 Å². The van der Waals surface area contributed by atoms with Crippen molar-refractivity contribution in [2.45, 2.75) is 19.8 Å². The minimum absolute atomic E-state index is 0.746. The quantitative estimate of drug-likeness (QED) is 0.735. The van der Waals surface area contributed by atoms with Crippen LogP contribution in [0.4, 0.5) is 0 Å². The van der Waals surface area contributed by atoms with Crippen molar-refractivity contribution in [3.05, 3.63) is 54.1 Å². The summed E-state index contributed by atoms with van der Waals surface area (Å²) in [7, 11) is 0. The molecule has 0 bridgehead atoms. The maximum Gasteiger partial charge on any atom is 0.138 e. The molecule has 0 amide bonds. The molecule has 0 aliphatic rings. The molecule has 2 aromatic rings. The Morgan fingerprint density at radius 1 is 1.05 bits per heavy atom. The van der Waals surface area contributed by atoms with Crippen LogP contribution in [-0.2, 0) is 0 Å². The Kier molecular flexibility index (Phi) is 5.11. The Morgan fingerprint density at radius 2 is 1.84 bits per heavy atom. The van der Waals surface area contributed by atoms with Crippen molar-refractivity contribution in [3.8, 4) is 5.75 Å². The molecule has 0 N–H and O–H groups in total. The number of unbranched alkanes of at least 4 members (excludes halogenated alkanes) is 1. The fourth-order valence-electron chi connectivity index (χ4n) is 1.61. The molecule has 2 rings (SSSR count). The maximum absolute atomic E-state index is 5.63. The highest BCUT2D eigenvalue weighted by atomic mass is 16.5. The number of pyridine rings is 2. The van der Waals surface area contributed by atoms with E-state index in [0.29, 0.717) is 0 Å². The molecule has 3 heteroatoms. The molecule has 0 aromatic carbocycles. The first-order chi connectivity index (χ1) is 9.38. The molecule has 0 unspecified atom stereocenters. The Morgan fingerprint density at radius 3 is 2.63 bits per heavy atom. The van der Waals surface area contributed by atoms with E-state index >= 15 is 0 Å². The zero-order chi connectivity index (χ0) is 13.3. The third-order valence-corrected chi connectivity index (χ3v) is 2.68. The molecule has 0 atom stereocenters. The summed E-state index contributed by atoms with van der Waals surface area (Å²) in [5, 5.41) is 0. The highest BCUT2D eigenvalue weighted by Crippen LogP contribution is 2.14. The van der Waals surface area contributed by atoms with E-state index in [1.807, 2.05) is 36.5 Å². The smallest absolute Gasteiger partial charge is 0.138 e. The largest absolute Gasteiger partial charge is 0.492 e. The predicted molar refractivity (Wildman–Crippen MR) is 77.8 cm³/mol. The van der Waals surface area contributed by atoms with Crippen LogP contribution in [-0.4, -0.2) is 16.6 Å². The van der Waals surface area contributed by atoms with Crippen molar-refractivity contribution in [1.82, 2.24) is 9.97 Å². The maximum atomic E-state index is 5.63. The highest BCUT2D eigenvalue weighted by Gasteiger charge is 1.95. The summed E-state index contributed by atoms with van der Waals surface area (Å²) < 4.78 is 5.63. The molecule has 3 nitrogen and oxygen atoms in total. The van der Waals surface area contributed by atoms with Gasteiger partial charge in [0.05, 0.1) is 12.8 Å². The normalized spacial score (nSPS) is 10.8. The van der Waals surface area contributed by atoms with Crippen molar-refractivity contribution in [2.24, 2.45) is 0 Å². The van der Waals surface area contributed by atoms with Crippen LogP contribution in [0.5, 0.6) is 5.75 Å². The summed E-state index contributed by atoms with van der Waals surface area (Å²) in [5.41, 5.74) is 2.15. The molecule has 0 spiro atoms. The van der Waals surface area contributed by atoms with Gasteiger partial charge in [-0.1, -0.05) is 25.5 Å². The zero-order valence-corrected chi connectivity index (χ0v) is 11.1. The second kappa shape index (κ2) is 7.31. The van der Waals surface area contributed by atoms with E-state index in [-0.39, 0.29) is 0 Å². The molecular formula is C16H18N2O. The number of aromatic nitrogens is 2. The molecule has 0 aliphatic heterocycles. The molecule has 0 saturated heterocycles. The van der Waals surface area contributed by atoms with Gasteiger partial charge in [0.2, 0.25) is 0 Å². The van der Waals surface area contributed by atoms with Gasteiger partial charge in [-0.3, -0.25) is 9.97 Å². The minimum Gasteiger partial charge on any atom is -0.492 e. The number of rotatable bonds is 6. The van der Waals surface area contributed by atoms with Crippen molar-refractivity contribution in [1.29, 1.82) is 0 Å². The van der Waals surface area contributed by atoms with Gasteiger partial charge in [0.1, 0.15) is 5.75 Å². The topological polar surface area (TPSA) is 35.0 Å². The lowest BCUT2D eigenvalue weighted by molar-refractivity contribution is 0.308. The van der Waals surface area contributed by atoms with Gasteiger partial charge in [-0.2, -0.15) is 0 Å². The average molecular weight is 254 g/mol. The molecule has 0 fully saturated rings. The van der Waals surface area contributed by atoms with E-state index in [1.165, 1.54) is 0 Å². The monoisotopic (exact) mass is 254 g/mol. The van der Waals surface area contributed by atoms with E-state index in [2.05, 4.69) is 16.9 Å². The second-order valence-corrected chi connectivity index (χ2v) is 4.27. The summed E-state index contributed by atoms with van der Waals surface area (Å²) in [4.78, 5) is 8.18. The third-order valence-electron chi connectivity index (χ3n) is 2.68. The van der Waals surface area contributed by atoms with E-state index in [4.69, 9.17) is 4.74 Å². The third kappa shape index (κ3) is 4.54. The molecule has 2 heterocycles. The summed E-state index contributed by atoms with van der Waals surface area (Å²) >= 11 is 0. The summed E-state index contributed by atoms with van der Waals surface area (Å²) in [6.07, 6.45) is 13.4. The lowest BCUT2D eigenvalue weighted by atomic mass is 10.2. The van der Waals surface area contributed by atoms with Crippen LogP contribution in [0.15, 0.2) is 43.0 Å². The molecule has 2 aromatic heterocycles. The molecule has 0 radical (unpaired) electrons.